The van der Waals surface area contributed by atoms with E-state index in [9.17, 15) is 9.18 Å². The molecule has 0 spiro atoms. The fourth-order valence-electron chi connectivity index (χ4n) is 2.28. The lowest BCUT2D eigenvalue weighted by atomic mass is 10.1. The fourth-order valence-corrected chi connectivity index (χ4v) is 2.28. The third kappa shape index (κ3) is 2.54. The molecular formula is C13H15FN2O3. The molecule has 0 unspecified atom stereocenters. The van der Waals surface area contributed by atoms with E-state index in [1.54, 1.807) is 17.1 Å². The maximum absolute atomic E-state index is 13.5. The average molecular weight is 266 g/mol. The predicted molar refractivity (Wildman–Crippen MR) is 65.1 cm³/mol. The molecule has 2 aliphatic heterocycles. The summed E-state index contributed by atoms with van der Waals surface area (Å²) in [6.45, 7) is 2.50. The van der Waals surface area contributed by atoms with Crippen LogP contribution in [0.1, 0.15) is 5.56 Å². The molecule has 1 N–H and O–H groups in total. The van der Waals surface area contributed by atoms with Crippen molar-refractivity contribution in [1.29, 1.82) is 0 Å². The summed E-state index contributed by atoms with van der Waals surface area (Å²) in [4.78, 5) is 12.1. The Labute approximate surface area is 110 Å². The zero-order chi connectivity index (χ0) is 13.2. The number of carbonyl (C=O) groups excluding carboxylic acids is 1. The standard InChI is InChI=1S/C13H15FN2O3/c14-10-3-1-2-9-8-11(19-12(9)10)13(17)15-16-4-6-18-7-5-16/h1-3,11H,4-8H2,(H,15,17)/t11-/m0/s1. The zero-order valence-corrected chi connectivity index (χ0v) is 10.4. The third-order valence-corrected chi connectivity index (χ3v) is 3.29. The van der Waals surface area contributed by atoms with Crippen molar-refractivity contribution in [3.05, 3.63) is 29.6 Å². The van der Waals surface area contributed by atoms with Crippen LogP contribution in [0.3, 0.4) is 0 Å². The van der Waals surface area contributed by atoms with E-state index in [-0.39, 0.29) is 11.7 Å². The maximum atomic E-state index is 13.5. The number of nitrogens with zero attached hydrogens (tertiary/aromatic N) is 1. The third-order valence-electron chi connectivity index (χ3n) is 3.29. The molecule has 0 radical (unpaired) electrons. The highest BCUT2D eigenvalue weighted by molar-refractivity contribution is 5.82. The lowest BCUT2D eigenvalue weighted by molar-refractivity contribution is -0.134. The van der Waals surface area contributed by atoms with Crippen molar-refractivity contribution in [2.24, 2.45) is 0 Å². The molecule has 1 aromatic carbocycles. The topological polar surface area (TPSA) is 50.8 Å². The smallest absolute Gasteiger partial charge is 0.275 e. The highest BCUT2D eigenvalue weighted by Gasteiger charge is 2.32. The van der Waals surface area contributed by atoms with Gasteiger partial charge in [-0.3, -0.25) is 10.2 Å². The van der Waals surface area contributed by atoms with E-state index in [0.717, 1.165) is 5.56 Å². The van der Waals surface area contributed by atoms with Gasteiger partial charge in [0, 0.05) is 25.1 Å². The molecule has 1 fully saturated rings. The largest absolute Gasteiger partial charge is 0.477 e. The van der Waals surface area contributed by atoms with Crippen molar-refractivity contribution in [3.63, 3.8) is 0 Å². The van der Waals surface area contributed by atoms with Crippen LogP contribution in [-0.2, 0) is 16.0 Å². The first-order valence-electron chi connectivity index (χ1n) is 6.31. The zero-order valence-electron chi connectivity index (χ0n) is 10.4. The number of amides is 1. The van der Waals surface area contributed by atoms with Gasteiger partial charge in [-0.2, -0.15) is 0 Å². The molecule has 0 bridgehead atoms. The van der Waals surface area contributed by atoms with Crippen LogP contribution in [-0.4, -0.2) is 43.3 Å². The quantitative estimate of drug-likeness (QED) is 0.846. The Bertz CT molecular complexity index is 489. The summed E-state index contributed by atoms with van der Waals surface area (Å²) in [5.41, 5.74) is 3.52. The Kier molecular flexibility index (Phi) is 3.35. The Balaban J connectivity index is 1.62. The second kappa shape index (κ2) is 5.14. The van der Waals surface area contributed by atoms with Gasteiger partial charge in [0.25, 0.3) is 5.91 Å². The Morgan fingerprint density at radius 1 is 1.37 bits per heavy atom. The highest BCUT2D eigenvalue weighted by Crippen LogP contribution is 2.31. The summed E-state index contributed by atoms with van der Waals surface area (Å²) in [6.07, 6.45) is -0.252. The lowest BCUT2D eigenvalue weighted by Crippen LogP contribution is -2.52. The SMILES string of the molecule is O=C(NN1CCOCC1)[C@@H]1Cc2cccc(F)c2O1. The number of hydrogen-bond donors (Lipinski definition) is 1. The normalized spacial score (nSPS) is 22.7. The summed E-state index contributed by atoms with van der Waals surface area (Å²) in [5, 5.41) is 1.80. The van der Waals surface area contributed by atoms with Crippen LogP contribution in [0.15, 0.2) is 18.2 Å². The van der Waals surface area contributed by atoms with E-state index in [2.05, 4.69) is 5.43 Å². The first-order valence-corrected chi connectivity index (χ1v) is 6.31. The summed E-state index contributed by atoms with van der Waals surface area (Å²) in [6, 6.07) is 4.74. The molecule has 5 nitrogen and oxygen atoms in total. The van der Waals surface area contributed by atoms with Crippen LogP contribution in [0, 0.1) is 5.82 Å². The summed E-state index contributed by atoms with van der Waals surface area (Å²) in [5.74, 6) is -0.457. The number of morpholine rings is 1. The van der Waals surface area contributed by atoms with Crippen LogP contribution in [0.4, 0.5) is 4.39 Å². The first-order chi connectivity index (χ1) is 9.24. The second-order valence-corrected chi connectivity index (χ2v) is 4.61. The number of nitrogens with one attached hydrogen (secondary N) is 1. The van der Waals surface area contributed by atoms with Crippen molar-refractivity contribution >= 4 is 5.91 Å². The summed E-state index contributed by atoms with van der Waals surface area (Å²) < 4.78 is 24.1. The molecule has 1 aromatic rings. The van der Waals surface area contributed by atoms with Gasteiger partial charge in [0.15, 0.2) is 17.7 Å². The van der Waals surface area contributed by atoms with Crippen molar-refractivity contribution in [1.82, 2.24) is 10.4 Å². The van der Waals surface area contributed by atoms with E-state index in [4.69, 9.17) is 9.47 Å². The number of benzene rings is 1. The van der Waals surface area contributed by atoms with Gasteiger partial charge < -0.3 is 9.47 Å². The number of rotatable bonds is 2. The summed E-state index contributed by atoms with van der Waals surface area (Å²) in [7, 11) is 0. The minimum absolute atomic E-state index is 0.199. The van der Waals surface area contributed by atoms with Gasteiger partial charge in [0.1, 0.15) is 0 Å². The minimum Gasteiger partial charge on any atom is -0.477 e. The van der Waals surface area contributed by atoms with Crippen molar-refractivity contribution in [2.45, 2.75) is 12.5 Å². The van der Waals surface area contributed by atoms with Crippen LogP contribution < -0.4 is 10.2 Å². The first kappa shape index (κ1) is 12.4. The number of para-hydroxylation sites is 1. The van der Waals surface area contributed by atoms with Gasteiger partial charge in [0.05, 0.1) is 13.2 Å². The van der Waals surface area contributed by atoms with E-state index in [0.29, 0.717) is 32.7 Å². The number of hydrogen-bond acceptors (Lipinski definition) is 4. The summed E-state index contributed by atoms with van der Waals surface area (Å²) >= 11 is 0. The molecule has 2 aliphatic rings. The van der Waals surface area contributed by atoms with Gasteiger partial charge in [0.2, 0.25) is 0 Å². The molecule has 0 saturated carbocycles. The van der Waals surface area contributed by atoms with Crippen molar-refractivity contribution in [3.8, 4) is 5.75 Å². The maximum Gasteiger partial charge on any atom is 0.275 e. The monoisotopic (exact) mass is 266 g/mol. The Hall–Kier alpha value is -1.66. The van der Waals surface area contributed by atoms with Gasteiger partial charge in [-0.15, -0.1) is 0 Å². The van der Waals surface area contributed by atoms with Crippen LogP contribution in [0.2, 0.25) is 0 Å². The lowest BCUT2D eigenvalue weighted by Gasteiger charge is -2.27. The predicted octanol–water partition coefficient (Wildman–Crippen LogP) is 0.493. The van der Waals surface area contributed by atoms with Crippen molar-refractivity contribution in [2.75, 3.05) is 26.3 Å². The van der Waals surface area contributed by atoms with Gasteiger partial charge in [-0.1, -0.05) is 12.1 Å². The van der Waals surface area contributed by atoms with Gasteiger partial charge >= 0.3 is 0 Å². The van der Waals surface area contributed by atoms with E-state index in [1.165, 1.54) is 6.07 Å². The van der Waals surface area contributed by atoms with Crippen LogP contribution in [0.5, 0.6) is 5.75 Å². The minimum atomic E-state index is -0.658. The molecule has 3 rings (SSSR count). The molecule has 19 heavy (non-hydrogen) atoms. The van der Waals surface area contributed by atoms with Gasteiger partial charge in [-0.25, -0.2) is 9.40 Å². The number of carbonyl (C=O) groups is 1. The van der Waals surface area contributed by atoms with Crippen molar-refractivity contribution < 1.29 is 18.7 Å². The molecule has 0 aliphatic carbocycles. The number of halogens is 1. The Morgan fingerprint density at radius 2 is 2.16 bits per heavy atom. The molecule has 1 atom stereocenters. The molecule has 1 saturated heterocycles. The van der Waals surface area contributed by atoms with E-state index in [1.807, 2.05) is 0 Å². The molecule has 2 heterocycles. The average Bonchev–Trinajstić information content (AvgIpc) is 2.85. The van der Waals surface area contributed by atoms with Crippen LogP contribution in [0.25, 0.3) is 0 Å². The Morgan fingerprint density at radius 3 is 2.89 bits per heavy atom. The van der Waals surface area contributed by atoms with Gasteiger partial charge in [-0.05, 0) is 6.07 Å². The molecule has 0 aromatic heterocycles. The number of fused-ring (bicyclic) bond motifs is 1. The molecular weight excluding hydrogens is 251 g/mol. The highest BCUT2D eigenvalue weighted by atomic mass is 19.1. The number of hydrazine groups is 1. The molecule has 102 valence electrons. The molecule has 6 heteroatoms. The fraction of sp³-hybridized carbons (Fsp3) is 0.462. The van der Waals surface area contributed by atoms with Crippen LogP contribution >= 0.6 is 0 Å². The van der Waals surface area contributed by atoms with E-state index < -0.39 is 11.9 Å². The second-order valence-electron chi connectivity index (χ2n) is 4.61. The van der Waals surface area contributed by atoms with E-state index >= 15 is 0 Å². The molecule has 1 amide bonds. The number of ether oxygens (including phenoxy) is 2.